The molecule has 0 spiro atoms. The molecule has 0 saturated carbocycles. The van der Waals surface area contributed by atoms with Gasteiger partial charge in [0.05, 0.1) is 4.90 Å². The van der Waals surface area contributed by atoms with Crippen LogP contribution in [0.1, 0.15) is 31.9 Å². The summed E-state index contributed by atoms with van der Waals surface area (Å²) in [5.74, 6) is 0. The molecule has 0 atom stereocenters. The van der Waals surface area contributed by atoms with Gasteiger partial charge in [-0.05, 0) is 42.2 Å². The molecule has 0 radical (unpaired) electrons. The predicted octanol–water partition coefficient (Wildman–Crippen LogP) is 4.71. The summed E-state index contributed by atoms with van der Waals surface area (Å²) in [5, 5.41) is 0. The Bertz CT molecular complexity index is 725. The summed E-state index contributed by atoms with van der Waals surface area (Å²) in [6.45, 7) is 8.30. The maximum Gasteiger partial charge on any atom is 0.308 e. The molecule has 2 rings (SSSR count). The van der Waals surface area contributed by atoms with Crippen molar-refractivity contribution < 1.29 is 12.0 Å². The van der Waals surface area contributed by atoms with E-state index in [0.29, 0.717) is 0 Å². The van der Waals surface area contributed by atoms with Gasteiger partial charge in [0, 0.05) is 16.9 Å². The van der Waals surface area contributed by atoms with Gasteiger partial charge in [-0.15, -0.1) is 0 Å². The van der Waals surface area contributed by atoms with Crippen LogP contribution < -0.4 is 0 Å². The Morgan fingerprint density at radius 1 is 0.909 bits per heavy atom. The van der Waals surface area contributed by atoms with Gasteiger partial charge < -0.3 is 0 Å². The summed E-state index contributed by atoms with van der Waals surface area (Å²) in [7, 11) is -3.75. The van der Waals surface area contributed by atoms with E-state index in [9.17, 15) is 8.42 Å². The lowest BCUT2D eigenvalue weighted by atomic mass is 9.87. The molecule has 0 saturated heterocycles. The first-order valence-corrected chi connectivity index (χ1v) is 9.12. The molecule has 5 heteroatoms. The van der Waals surface area contributed by atoms with Gasteiger partial charge in [-0.2, -0.15) is 12.0 Å². The minimum absolute atomic E-state index is 0.0675. The van der Waals surface area contributed by atoms with Gasteiger partial charge >= 0.3 is 10.1 Å². The van der Waals surface area contributed by atoms with E-state index in [2.05, 4.69) is 20.8 Å². The van der Waals surface area contributed by atoms with Crippen molar-refractivity contribution >= 4 is 22.2 Å². The molecule has 0 aromatic heterocycles. The van der Waals surface area contributed by atoms with Gasteiger partial charge in [-0.3, -0.25) is 0 Å². The molecular weight excluding hydrogens is 316 g/mol. The highest BCUT2D eigenvalue weighted by Gasteiger charge is 2.17. The van der Waals surface area contributed by atoms with Crippen molar-refractivity contribution in [2.45, 2.75) is 42.9 Å². The predicted molar refractivity (Wildman–Crippen MR) is 90.4 cm³/mol. The number of benzene rings is 2. The zero-order valence-corrected chi connectivity index (χ0v) is 14.8. The van der Waals surface area contributed by atoms with Crippen molar-refractivity contribution in [3.05, 3.63) is 59.7 Å². The van der Waals surface area contributed by atoms with Crippen LogP contribution in [0.3, 0.4) is 0 Å². The molecule has 118 valence electrons. The molecular formula is C17H20O3S2. The zero-order chi connectivity index (χ0) is 16.4. The molecule has 0 amide bonds. The summed E-state index contributed by atoms with van der Waals surface area (Å²) in [6, 6.07) is 14.3. The highest BCUT2D eigenvalue weighted by atomic mass is 32.3. The number of hydrogen-bond donors (Lipinski definition) is 0. The van der Waals surface area contributed by atoms with Crippen LogP contribution >= 0.6 is 12.0 Å². The van der Waals surface area contributed by atoms with Crippen LogP contribution in [0.15, 0.2) is 58.3 Å². The first kappa shape index (κ1) is 17.1. The zero-order valence-electron chi connectivity index (χ0n) is 13.2. The van der Waals surface area contributed by atoms with Gasteiger partial charge in [0.2, 0.25) is 0 Å². The fourth-order valence-corrected chi connectivity index (χ4v) is 3.54. The van der Waals surface area contributed by atoms with Gasteiger partial charge in [0.15, 0.2) is 0 Å². The lowest BCUT2D eigenvalue weighted by Crippen LogP contribution is -2.10. The van der Waals surface area contributed by atoms with Crippen molar-refractivity contribution in [1.82, 2.24) is 0 Å². The Morgan fingerprint density at radius 2 is 1.45 bits per heavy atom. The molecule has 0 N–H and O–H groups in total. The maximum atomic E-state index is 12.1. The van der Waals surface area contributed by atoms with Gasteiger partial charge in [-0.1, -0.05) is 50.6 Å². The summed E-state index contributed by atoms with van der Waals surface area (Å²) in [6.07, 6.45) is 0. The molecule has 0 heterocycles. The summed E-state index contributed by atoms with van der Waals surface area (Å²) in [5.41, 5.74) is 2.26. The first-order valence-electron chi connectivity index (χ1n) is 6.97. The molecule has 2 aromatic carbocycles. The largest absolute Gasteiger partial charge is 0.308 e. The van der Waals surface area contributed by atoms with Crippen LogP contribution in [0.5, 0.6) is 0 Å². The normalized spacial score (nSPS) is 12.4. The van der Waals surface area contributed by atoms with Crippen molar-refractivity contribution in [2.75, 3.05) is 0 Å². The Morgan fingerprint density at radius 3 is 1.95 bits per heavy atom. The minimum Gasteiger partial charge on any atom is -0.193 e. The lowest BCUT2D eigenvalue weighted by molar-refractivity contribution is 0.518. The van der Waals surface area contributed by atoms with E-state index < -0.39 is 10.1 Å². The Kier molecular flexibility index (Phi) is 5.00. The molecule has 22 heavy (non-hydrogen) atoms. The van der Waals surface area contributed by atoms with E-state index in [1.165, 1.54) is 5.56 Å². The summed E-state index contributed by atoms with van der Waals surface area (Å²) in [4.78, 5) is 0.917. The number of rotatable bonds is 4. The van der Waals surface area contributed by atoms with E-state index in [4.69, 9.17) is 3.63 Å². The first-order chi connectivity index (χ1) is 10.2. The fourth-order valence-electron chi connectivity index (χ4n) is 1.84. The van der Waals surface area contributed by atoms with E-state index >= 15 is 0 Å². The van der Waals surface area contributed by atoms with Gasteiger partial charge in [-0.25, -0.2) is 0 Å². The van der Waals surface area contributed by atoms with Crippen LogP contribution in [-0.2, 0) is 19.2 Å². The van der Waals surface area contributed by atoms with Crippen LogP contribution in [0.25, 0.3) is 0 Å². The maximum absolute atomic E-state index is 12.1. The third-order valence-electron chi connectivity index (χ3n) is 3.25. The monoisotopic (exact) mass is 336 g/mol. The smallest absolute Gasteiger partial charge is 0.193 e. The molecule has 3 nitrogen and oxygen atoms in total. The van der Waals surface area contributed by atoms with Crippen molar-refractivity contribution in [2.24, 2.45) is 0 Å². The number of hydrogen-bond acceptors (Lipinski definition) is 4. The summed E-state index contributed by atoms with van der Waals surface area (Å²) >= 11 is 0.858. The highest BCUT2D eigenvalue weighted by Crippen LogP contribution is 2.28. The molecule has 0 aliphatic rings. The van der Waals surface area contributed by atoms with Crippen LogP contribution in [0, 0.1) is 6.92 Å². The Balaban J connectivity index is 2.07. The van der Waals surface area contributed by atoms with Gasteiger partial charge in [0.1, 0.15) is 0 Å². The van der Waals surface area contributed by atoms with E-state index in [1.807, 2.05) is 31.2 Å². The van der Waals surface area contributed by atoms with Crippen LogP contribution in [0.2, 0.25) is 0 Å². The highest BCUT2D eigenvalue weighted by molar-refractivity contribution is 8.04. The average Bonchev–Trinajstić information content (AvgIpc) is 2.45. The third kappa shape index (κ3) is 4.35. The number of aryl methyl sites for hydroxylation is 1. The summed E-state index contributed by atoms with van der Waals surface area (Å²) < 4.78 is 29.3. The van der Waals surface area contributed by atoms with Crippen molar-refractivity contribution in [1.29, 1.82) is 0 Å². The SMILES string of the molecule is Cc1ccc(S(=O)(=O)OSc2ccc(C(C)(C)C)cc2)cc1. The van der Waals surface area contributed by atoms with Crippen LogP contribution in [0.4, 0.5) is 0 Å². The topological polar surface area (TPSA) is 43.4 Å². The Labute approximate surface area is 137 Å². The van der Waals surface area contributed by atoms with E-state index in [-0.39, 0.29) is 10.3 Å². The second-order valence-electron chi connectivity index (χ2n) is 6.19. The second kappa shape index (κ2) is 6.44. The van der Waals surface area contributed by atoms with E-state index in [1.54, 1.807) is 24.3 Å². The molecule has 2 aromatic rings. The molecule has 0 unspecified atom stereocenters. The van der Waals surface area contributed by atoms with Crippen molar-refractivity contribution in [3.63, 3.8) is 0 Å². The third-order valence-corrected chi connectivity index (χ3v) is 5.55. The molecule has 0 aliphatic heterocycles. The minimum atomic E-state index is -3.75. The lowest BCUT2D eigenvalue weighted by Gasteiger charge is -2.18. The molecule has 0 bridgehead atoms. The Hall–Kier alpha value is -1.30. The molecule has 0 aliphatic carbocycles. The van der Waals surface area contributed by atoms with Gasteiger partial charge in [0.25, 0.3) is 0 Å². The van der Waals surface area contributed by atoms with Crippen molar-refractivity contribution in [3.8, 4) is 0 Å². The standard InChI is InChI=1S/C17H20O3S2/c1-13-5-11-16(12-6-13)22(18,19)20-21-15-9-7-14(8-10-15)17(2,3)4/h5-12H,1-4H3. The quantitative estimate of drug-likeness (QED) is 0.759. The van der Waals surface area contributed by atoms with Crippen LogP contribution in [-0.4, -0.2) is 8.42 Å². The molecule has 0 fully saturated rings. The van der Waals surface area contributed by atoms with E-state index in [0.717, 1.165) is 22.5 Å². The fraction of sp³-hybridized carbons (Fsp3) is 0.294. The second-order valence-corrected chi connectivity index (χ2v) is 8.75. The average molecular weight is 336 g/mol.